The van der Waals surface area contributed by atoms with Crippen molar-refractivity contribution in [1.82, 2.24) is 10.3 Å². The summed E-state index contributed by atoms with van der Waals surface area (Å²) in [4.78, 5) is 14.7. The van der Waals surface area contributed by atoms with E-state index < -0.39 is 0 Å². The lowest BCUT2D eigenvalue weighted by Crippen LogP contribution is -2.27. The number of ether oxygens (including phenoxy) is 1. The van der Waals surface area contributed by atoms with E-state index in [1.807, 2.05) is 6.92 Å². The minimum absolute atomic E-state index is 0.108. The molecule has 1 heterocycles. The number of aromatic nitrogens is 1. The van der Waals surface area contributed by atoms with E-state index >= 15 is 0 Å². The van der Waals surface area contributed by atoms with E-state index in [-0.39, 0.29) is 24.4 Å². The number of pyridine rings is 1. The summed E-state index contributed by atoms with van der Waals surface area (Å²) in [5.74, 6) is -0.720. The molecule has 82 valence electrons. The number of esters is 1. The molecule has 0 aromatic carbocycles. The molecule has 0 radical (unpaired) electrons. The molecule has 0 amide bonds. The molecule has 1 N–H and O–H groups in total. The van der Waals surface area contributed by atoms with E-state index in [0.29, 0.717) is 5.69 Å². The van der Waals surface area contributed by atoms with Crippen LogP contribution in [-0.4, -0.2) is 24.6 Å². The molecule has 1 rings (SSSR count). The fraction of sp³-hybridized carbons (Fsp3) is 0.400. The van der Waals surface area contributed by atoms with E-state index in [2.05, 4.69) is 15.0 Å². The molecule has 15 heavy (non-hydrogen) atoms. The highest BCUT2D eigenvalue weighted by Gasteiger charge is 2.08. The SMILES string of the molecule is COC(=O)CNC(C)c1ccc(F)cn1. The minimum Gasteiger partial charge on any atom is -0.468 e. The lowest BCUT2D eigenvalue weighted by atomic mass is 10.2. The Morgan fingerprint density at radius 1 is 1.67 bits per heavy atom. The fourth-order valence-electron chi connectivity index (χ4n) is 1.06. The van der Waals surface area contributed by atoms with Crippen molar-refractivity contribution in [1.29, 1.82) is 0 Å². The summed E-state index contributed by atoms with van der Waals surface area (Å²) >= 11 is 0. The number of halogens is 1. The first-order valence-electron chi connectivity index (χ1n) is 4.55. The highest BCUT2D eigenvalue weighted by molar-refractivity contribution is 5.71. The van der Waals surface area contributed by atoms with Crippen LogP contribution in [0.3, 0.4) is 0 Å². The first-order chi connectivity index (χ1) is 7.13. The highest BCUT2D eigenvalue weighted by Crippen LogP contribution is 2.08. The minimum atomic E-state index is -0.376. The largest absolute Gasteiger partial charge is 0.468 e. The second kappa shape index (κ2) is 5.41. The van der Waals surface area contributed by atoms with E-state index in [1.54, 1.807) is 6.07 Å². The van der Waals surface area contributed by atoms with Gasteiger partial charge in [-0.1, -0.05) is 0 Å². The van der Waals surface area contributed by atoms with Crippen molar-refractivity contribution in [3.63, 3.8) is 0 Å². The van der Waals surface area contributed by atoms with Crippen molar-refractivity contribution in [3.05, 3.63) is 29.8 Å². The molecule has 5 heteroatoms. The van der Waals surface area contributed by atoms with Gasteiger partial charge in [0.15, 0.2) is 0 Å². The van der Waals surface area contributed by atoms with Gasteiger partial charge in [-0.05, 0) is 19.1 Å². The van der Waals surface area contributed by atoms with Gasteiger partial charge in [-0.25, -0.2) is 4.39 Å². The van der Waals surface area contributed by atoms with Gasteiger partial charge in [0.1, 0.15) is 5.82 Å². The summed E-state index contributed by atoms with van der Waals surface area (Å²) in [5, 5.41) is 2.91. The number of hydrogen-bond acceptors (Lipinski definition) is 4. The summed E-state index contributed by atoms with van der Waals surface area (Å²) < 4.78 is 17.0. The number of rotatable bonds is 4. The maximum atomic E-state index is 12.6. The first kappa shape index (κ1) is 11.6. The summed E-state index contributed by atoms with van der Waals surface area (Å²) in [6.07, 6.45) is 1.14. The summed E-state index contributed by atoms with van der Waals surface area (Å²) in [6, 6.07) is 2.79. The smallest absolute Gasteiger partial charge is 0.319 e. The monoisotopic (exact) mass is 212 g/mol. The second-order valence-electron chi connectivity index (χ2n) is 3.08. The molecule has 1 aromatic rings. The van der Waals surface area contributed by atoms with Crippen LogP contribution in [-0.2, 0) is 9.53 Å². The maximum Gasteiger partial charge on any atom is 0.319 e. The molecule has 0 fully saturated rings. The average molecular weight is 212 g/mol. The van der Waals surface area contributed by atoms with Crippen LogP contribution in [0.5, 0.6) is 0 Å². The first-order valence-corrected chi connectivity index (χ1v) is 4.55. The van der Waals surface area contributed by atoms with Gasteiger partial charge in [-0.2, -0.15) is 0 Å². The quantitative estimate of drug-likeness (QED) is 0.758. The molecule has 4 nitrogen and oxygen atoms in total. The molecule has 0 aliphatic carbocycles. The van der Waals surface area contributed by atoms with E-state index in [1.165, 1.54) is 13.2 Å². The normalized spacial score (nSPS) is 12.2. The Morgan fingerprint density at radius 2 is 2.40 bits per heavy atom. The van der Waals surface area contributed by atoms with Crippen molar-refractivity contribution in [2.45, 2.75) is 13.0 Å². The molecular weight excluding hydrogens is 199 g/mol. The molecule has 0 bridgehead atoms. The predicted molar refractivity (Wildman–Crippen MR) is 52.6 cm³/mol. The summed E-state index contributed by atoms with van der Waals surface area (Å²) in [6.45, 7) is 1.94. The van der Waals surface area contributed by atoms with Crippen molar-refractivity contribution in [2.24, 2.45) is 0 Å². The van der Waals surface area contributed by atoms with Gasteiger partial charge < -0.3 is 4.74 Å². The Hall–Kier alpha value is -1.49. The molecule has 0 aliphatic rings. The molecule has 1 unspecified atom stereocenters. The molecule has 0 aliphatic heterocycles. The van der Waals surface area contributed by atoms with Gasteiger partial charge in [0.2, 0.25) is 0 Å². The van der Waals surface area contributed by atoms with Crippen LogP contribution >= 0.6 is 0 Å². The van der Waals surface area contributed by atoms with E-state index in [0.717, 1.165) is 6.20 Å². The van der Waals surface area contributed by atoms with Crippen LogP contribution in [0.15, 0.2) is 18.3 Å². The Bertz CT molecular complexity index is 327. The number of hydrogen-bond donors (Lipinski definition) is 1. The standard InChI is InChI=1S/C10H13FN2O2/c1-7(12-6-10(14)15-2)9-4-3-8(11)5-13-9/h3-5,7,12H,6H2,1-2H3. The van der Waals surface area contributed by atoms with Crippen molar-refractivity contribution < 1.29 is 13.9 Å². The zero-order valence-corrected chi connectivity index (χ0v) is 8.66. The summed E-state index contributed by atoms with van der Waals surface area (Å²) in [5.41, 5.74) is 0.681. The highest BCUT2D eigenvalue weighted by atomic mass is 19.1. The Kier molecular flexibility index (Phi) is 4.17. The molecular formula is C10H13FN2O2. The molecule has 1 aromatic heterocycles. The lowest BCUT2D eigenvalue weighted by molar-refractivity contribution is -0.139. The van der Waals surface area contributed by atoms with Gasteiger partial charge in [-0.15, -0.1) is 0 Å². The zero-order valence-electron chi connectivity index (χ0n) is 8.66. The van der Waals surface area contributed by atoms with Crippen molar-refractivity contribution in [2.75, 3.05) is 13.7 Å². The van der Waals surface area contributed by atoms with Crippen LogP contribution in [0.4, 0.5) is 4.39 Å². The molecule has 0 spiro atoms. The molecule has 0 saturated carbocycles. The van der Waals surface area contributed by atoms with Gasteiger partial charge in [0, 0.05) is 6.04 Å². The summed E-state index contributed by atoms with van der Waals surface area (Å²) in [7, 11) is 1.32. The number of carbonyl (C=O) groups excluding carboxylic acids is 1. The van der Waals surface area contributed by atoms with Crippen molar-refractivity contribution in [3.8, 4) is 0 Å². The third-order valence-corrected chi connectivity index (χ3v) is 1.97. The van der Waals surface area contributed by atoms with E-state index in [9.17, 15) is 9.18 Å². The van der Waals surface area contributed by atoms with Crippen molar-refractivity contribution >= 4 is 5.97 Å². The van der Waals surface area contributed by atoms with E-state index in [4.69, 9.17) is 0 Å². The fourth-order valence-corrected chi connectivity index (χ4v) is 1.06. The number of carbonyl (C=O) groups is 1. The van der Waals surface area contributed by atoms with Gasteiger partial charge >= 0.3 is 5.97 Å². The third kappa shape index (κ3) is 3.63. The Balaban J connectivity index is 2.50. The van der Waals surface area contributed by atoms with Crippen LogP contribution in [0.2, 0.25) is 0 Å². The second-order valence-corrected chi connectivity index (χ2v) is 3.08. The van der Waals surface area contributed by atoms with Crippen LogP contribution < -0.4 is 5.32 Å². The van der Waals surface area contributed by atoms with Crippen LogP contribution in [0.25, 0.3) is 0 Å². The van der Waals surface area contributed by atoms with Gasteiger partial charge in [0.25, 0.3) is 0 Å². The third-order valence-electron chi connectivity index (χ3n) is 1.97. The zero-order chi connectivity index (χ0) is 11.3. The number of methoxy groups -OCH3 is 1. The lowest BCUT2D eigenvalue weighted by Gasteiger charge is -2.11. The van der Waals surface area contributed by atoms with Gasteiger partial charge in [-0.3, -0.25) is 15.1 Å². The Labute approximate surface area is 87.5 Å². The average Bonchev–Trinajstić information content (AvgIpc) is 2.26. The number of nitrogens with one attached hydrogen (secondary N) is 1. The maximum absolute atomic E-state index is 12.6. The molecule has 0 saturated heterocycles. The Morgan fingerprint density at radius 3 is 2.93 bits per heavy atom. The molecule has 1 atom stereocenters. The number of nitrogens with zero attached hydrogens (tertiary/aromatic N) is 1. The van der Waals surface area contributed by atoms with Gasteiger partial charge in [0.05, 0.1) is 25.5 Å². The van der Waals surface area contributed by atoms with Crippen LogP contribution in [0.1, 0.15) is 18.7 Å². The predicted octanol–water partition coefficient (Wildman–Crippen LogP) is 1.04. The topological polar surface area (TPSA) is 51.2 Å². The van der Waals surface area contributed by atoms with Crippen LogP contribution in [0, 0.1) is 5.82 Å².